The molecule has 2 heterocycles. The number of carbonyl (C=O) groups is 1. The van der Waals surface area contributed by atoms with E-state index in [-0.39, 0.29) is 17.7 Å². The average molecular weight is 437 g/mol. The van der Waals surface area contributed by atoms with Gasteiger partial charge in [-0.1, -0.05) is 12.8 Å². The zero-order valence-corrected chi connectivity index (χ0v) is 17.9. The number of fused-ring (bicyclic) bond motifs is 1. The van der Waals surface area contributed by atoms with Gasteiger partial charge in [0.05, 0.1) is 18.0 Å². The fourth-order valence-corrected chi connectivity index (χ4v) is 4.75. The van der Waals surface area contributed by atoms with Gasteiger partial charge in [-0.2, -0.15) is 9.97 Å². The Morgan fingerprint density at radius 3 is 2.41 bits per heavy atom. The first-order valence-electron chi connectivity index (χ1n) is 11.4. The van der Waals surface area contributed by atoms with Gasteiger partial charge >= 0.3 is 5.97 Å². The van der Waals surface area contributed by atoms with Crippen LogP contribution in [0.3, 0.4) is 0 Å². The van der Waals surface area contributed by atoms with Crippen LogP contribution in [0.1, 0.15) is 67.8 Å². The Kier molecular flexibility index (Phi) is 5.65. The van der Waals surface area contributed by atoms with Crippen molar-refractivity contribution in [3.05, 3.63) is 36.2 Å². The maximum absolute atomic E-state index is 11.2. The van der Waals surface area contributed by atoms with E-state index in [4.69, 9.17) is 15.1 Å². The number of aromatic nitrogens is 4. The lowest BCUT2D eigenvalue weighted by molar-refractivity contribution is 0.0697. The highest BCUT2D eigenvalue weighted by Gasteiger charge is 2.24. The van der Waals surface area contributed by atoms with Gasteiger partial charge in [0.25, 0.3) is 0 Å². The summed E-state index contributed by atoms with van der Waals surface area (Å²) in [6.07, 6.45) is 9.63. The van der Waals surface area contributed by atoms with Gasteiger partial charge in [0.1, 0.15) is 0 Å². The number of aliphatic hydroxyl groups excluding tert-OH is 1. The van der Waals surface area contributed by atoms with E-state index in [0.29, 0.717) is 23.3 Å². The monoisotopic (exact) mass is 436 g/mol. The highest BCUT2D eigenvalue weighted by atomic mass is 16.4. The molecule has 0 radical (unpaired) electrons. The molecule has 168 valence electrons. The number of carboxylic acid groups (broad SMARTS) is 1. The molecule has 0 atom stereocenters. The second kappa shape index (κ2) is 8.74. The van der Waals surface area contributed by atoms with Crippen LogP contribution in [0.5, 0.6) is 0 Å². The maximum Gasteiger partial charge on any atom is 0.335 e. The van der Waals surface area contributed by atoms with Crippen molar-refractivity contribution < 1.29 is 15.0 Å². The molecule has 9 heteroatoms. The van der Waals surface area contributed by atoms with Crippen molar-refractivity contribution in [1.82, 2.24) is 19.5 Å². The van der Waals surface area contributed by atoms with Gasteiger partial charge in [-0.25, -0.2) is 9.78 Å². The molecule has 2 aliphatic carbocycles. The summed E-state index contributed by atoms with van der Waals surface area (Å²) in [5.74, 6) is 0.178. The predicted molar refractivity (Wildman–Crippen MR) is 121 cm³/mol. The largest absolute Gasteiger partial charge is 0.478 e. The number of carboxylic acids is 1. The Morgan fingerprint density at radius 1 is 1.00 bits per heavy atom. The van der Waals surface area contributed by atoms with Crippen molar-refractivity contribution in [2.75, 3.05) is 10.6 Å². The summed E-state index contributed by atoms with van der Waals surface area (Å²) >= 11 is 0. The fraction of sp³-hybridized carbons (Fsp3) is 0.478. The Bertz CT molecular complexity index is 1100. The topological polar surface area (TPSA) is 125 Å². The molecule has 2 aromatic heterocycles. The third kappa shape index (κ3) is 4.25. The molecule has 0 amide bonds. The number of aliphatic hydroxyl groups is 1. The number of nitrogens with zero attached hydrogens (tertiary/aromatic N) is 4. The number of benzene rings is 1. The molecule has 2 saturated carbocycles. The number of nitrogens with one attached hydrogen (secondary N) is 2. The van der Waals surface area contributed by atoms with E-state index in [1.165, 1.54) is 12.8 Å². The molecular formula is C23H28N6O3. The van der Waals surface area contributed by atoms with Gasteiger partial charge < -0.3 is 25.4 Å². The SMILES string of the molecule is O=C(O)c1ccc(Nc2nc(N[C@H]3CC[C@H](O)CC3)nc3c2ncn3C2CCCC2)cc1. The van der Waals surface area contributed by atoms with E-state index in [2.05, 4.69) is 20.2 Å². The standard InChI is InChI=1S/C23H28N6O3/c30-18-11-9-16(10-12-18)26-23-27-20(25-15-7-5-14(6-8-15)22(31)32)19-21(28-23)29(13-24-19)17-3-1-2-4-17/h5-8,13,16-18,30H,1-4,9-12H2,(H,31,32)(H2,25,26,27,28)/t16-,18-. The average Bonchev–Trinajstić information content (AvgIpc) is 3.46. The van der Waals surface area contributed by atoms with Crippen LogP contribution in [0.15, 0.2) is 30.6 Å². The zero-order valence-electron chi connectivity index (χ0n) is 17.9. The lowest BCUT2D eigenvalue weighted by Gasteiger charge is -2.26. The van der Waals surface area contributed by atoms with Gasteiger partial charge in [-0.05, 0) is 62.8 Å². The number of hydrogen-bond acceptors (Lipinski definition) is 7. The predicted octanol–water partition coefficient (Wildman–Crippen LogP) is 4.10. The van der Waals surface area contributed by atoms with Crippen molar-refractivity contribution in [1.29, 1.82) is 0 Å². The lowest BCUT2D eigenvalue weighted by Crippen LogP contribution is -2.29. The molecule has 9 nitrogen and oxygen atoms in total. The van der Waals surface area contributed by atoms with Crippen LogP contribution in [0.2, 0.25) is 0 Å². The smallest absolute Gasteiger partial charge is 0.335 e. The summed E-state index contributed by atoms with van der Waals surface area (Å²) in [6.45, 7) is 0. The van der Waals surface area contributed by atoms with E-state index in [9.17, 15) is 9.90 Å². The molecule has 32 heavy (non-hydrogen) atoms. The quantitative estimate of drug-likeness (QED) is 0.455. The number of imidazole rings is 1. The van der Waals surface area contributed by atoms with Crippen molar-refractivity contribution in [3.8, 4) is 0 Å². The van der Waals surface area contributed by atoms with Crippen LogP contribution in [0.4, 0.5) is 17.5 Å². The summed E-state index contributed by atoms with van der Waals surface area (Å²) in [5.41, 5.74) is 2.46. The molecule has 0 saturated heterocycles. The molecule has 2 fully saturated rings. The highest BCUT2D eigenvalue weighted by molar-refractivity contribution is 5.89. The van der Waals surface area contributed by atoms with E-state index in [1.54, 1.807) is 24.3 Å². The van der Waals surface area contributed by atoms with Crippen LogP contribution in [-0.2, 0) is 0 Å². The summed E-state index contributed by atoms with van der Waals surface area (Å²) in [7, 11) is 0. The summed E-state index contributed by atoms with van der Waals surface area (Å²) < 4.78 is 2.17. The first kappa shape index (κ1) is 20.7. The van der Waals surface area contributed by atoms with Gasteiger partial charge in [0.15, 0.2) is 17.0 Å². The van der Waals surface area contributed by atoms with E-state index in [0.717, 1.165) is 49.9 Å². The molecule has 0 unspecified atom stereocenters. The normalized spacial score (nSPS) is 21.7. The van der Waals surface area contributed by atoms with Crippen molar-refractivity contribution in [2.45, 2.75) is 69.6 Å². The molecule has 4 N–H and O–H groups in total. The second-order valence-electron chi connectivity index (χ2n) is 8.82. The maximum atomic E-state index is 11.2. The molecule has 0 aliphatic heterocycles. The van der Waals surface area contributed by atoms with Crippen LogP contribution in [-0.4, -0.2) is 47.8 Å². The molecule has 1 aromatic carbocycles. The van der Waals surface area contributed by atoms with E-state index < -0.39 is 5.97 Å². The van der Waals surface area contributed by atoms with Crippen LogP contribution < -0.4 is 10.6 Å². The minimum absolute atomic E-state index is 0.216. The first-order valence-corrected chi connectivity index (χ1v) is 11.4. The first-order chi connectivity index (χ1) is 15.6. The van der Waals surface area contributed by atoms with Crippen molar-refractivity contribution in [2.24, 2.45) is 0 Å². The van der Waals surface area contributed by atoms with E-state index in [1.807, 2.05) is 6.33 Å². The number of aromatic carboxylic acids is 1. The molecule has 0 spiro atoms. The van der Waals surface area contributed by atoms with Crippen LogP contribution >= 0.6 is 0 Å². The highest BCUT2D eigenvalue weighted by Crippen LogP contribution is 2.34. The van der Waals surface area contributed by atoms with Crippen molar-refractivity contribution in [3.63, 3.8) is 0 Å². The number of rotatable bonds is 6. The van der Waals surface area contributed by atoms with Gasteiger partial charge in [0.2, 0.25) is 5.95 Å². The summed E-state index contributed by atoms with van der Waals surface area (Å²) in [4.78, 5) is 25.3. The Labute approximate surface area is 185 Å². The molecule has 2 aliphatic rings. The zero-order chi connectivity index (χ0) is 22.1. The minimum atomic E-state index is -0.958. The Hall–Kier alpha value is -3.20. The van der Waals surface area contributed by atoms with Crippen LogP contribution in [0, 0.1) is 0 Å². The summed E-state index contributed by atoms with van der Waals surface area (Å²) in [6, 6.07) is 7.19. The fourth-order valence-electron chi connectivity index (χ4n) is 4.75. The second-order valence-corrected chi connectivity index (χ2v) is 8.82. The lowest BCUT2D eigenvalue weighted by atomic mass is 9.93. The van der Waals surface area contributed by atoms with Gasteiger partial charge in [-0.3, -0.25) is 0 Å². The summed E-state index contributed by atoms with van der Waals surface area (Å²) in [5, 5.41) is 25.7. The number of hydrogen-bond donors (Lipinski definition) is 4. The van der Waals surface area contributed by atoms with Gasteiger partial charge in [0, 0.05) is 17.8 Å². The Balaban J connectivity index is 1.48. The third-order valence-corrected chi connectivity index (χ3v) is 6.56. The van der Waals surface area contributed by atoms with Crippen molar-refractivity contribution >= 4 is 34.6 Å². The van der Waals surface area contributed by atoms with Gasteiger partial charge in [-0.15, -0.1) is 0 Å². The Morgan fingerprint density at radius 2 is 1.72 bits per heavy atom. The molecule has 0 bridgehead atoms. The van der Waals surface area contributed by atoms with E-state index >= 15 is 0 Å². The van der Waals surface area contributed by atoms with Crippen LogP contribution in [0.25, 0.3) is 11.2 Å². The molecule has 5 rings (SSSR count). The minimum Gasteiger partial charge on any atom is -0.478 e. The third-order valence-electron chi connectivity index (χ3n) is 6.56. The number of anilines is 3. The molecular weight excluding hydrogens is 408 g/mol. The molecule has 3 aromatic rings.